The summed E-state index contributed by atoms with van der Waals surface area (Å²) in [6, 6.07) is 5.41. The second-order valence-electron chi connectivity index (χ2n) is 5.24. The predicted octanol–water partition coefficient (Wildman–Crippen LogP) is 1.92. The average molecular weight is 280 g/mol. The number of phenolic OH excluding ortho intramolecular Hbond substituents is 1. The van der Waals surface area contributed by atoms with Gasteiger partial charge in [0, 0.05) is 12.1 Å². The van der Waals surface area contributed by atoms with Crippen molar-refractivity contribution in [3.05, 3.63) is 23.8 Å². The summed E-state index contributed by atoms with van der Waals surface area (Å²) < 4.78 is 5.10. The molecule has 1 amide bonds. The Bertz CT molecular complexity index is 460. The van der Waals surface area contributed by atoms with E-state index in [2.05, 4.69) is 5.32 Å². The second-order valence-corrected chi connectivity index (χ2v) is 5.24. The van der Waals surface area contributed by atoms with Gasteiger partial charge in [-0.25, -0.2) is 0 Å². The number of hydrogen-bond donors (Lipinski definition) is 2. The van der Waals surface area contributed by atoms with Gasteiger partial charge >= 0.3 is 0 Å². The number of carbonyl (C=O) groups is 1. The number of methoxy groups -OCH3 is 1. The van der Waals surface area contributed by atoms with E-state index in [-0.39, 0.29) is 23.7 Å². The SMILES string of the molecule is COc1cc(C(C)N(C)CC(=O)NC(C)C)ccc1O. The van der Waals surface area contributed by atoms with Gasteiger partial charge in [0.05, 0.1) is 13.7 Å². The number of amides is 1. The van der Waals surface area contributed by atoms with Crippen LogP contribution in [0.1, 0.15) is 32.4 Å². The monoisotopic (exact) mass is 280 g/mol. The van der Waals surface area contributed by atoms with E-state index in [0.29, 0.717) is 12.3 Å². The van der Waals surface area contributed by atoms with Crippen molar-refractivity contribution in [1.29, 1.82) is 0 Å². The molecule has 0 saturated heterocycles. The molecule has 20 heavy (non-hydrogen) atoms. The maximum absolute atomic E-state index is 11.8. The molecule has 0 bridgehead atoms. The molecule has 1 unspecified atom stereocenters. The number of rotatable bonds is 6. The highest BCUT2D eigenvalue weighted by Crippen LogP contribution is 2.30. The van der Waals surface area contributed by atoms with Gasteiger partial charge in [-0.05, 0) is 45.5 Å². The Balaban J connectivity index is 2.73. The molecule has 0 saturated carbocycles. The lowest BCUT2D eigenvalue weighted by Gasteiger charge is -2.25. The number of likely N-dealkylation sites (N-methyl/N-ethyl adjacent to an activating group) is 1. The molecule has 0 spiro atoms. The fourth-order valence-corrected chi connectivity index (χ4v) is 1.94. The van der Waals surface area contributed by atoms with Crippen LogP contribution >= 0.6 is 0 Å². The van der Waals surface area contributed by atoms with Gasteiger partial charge in [0.1, 0.15) is 0 Å². The first-order valence-corrected chi connectivity index (χ1v) is 6.71. The van der Waals surface area contributed by atoms with Gasteiger partial charge in [-0.1, -0.05) is 6.07 Å². The highest BCUT2D eigenvalue weighted by atomic mass is 16.5. The summed E-state index contributed by atoms with van der Waals surface area (Å²) in [7, 11) is 3.41. The Kier molecular flexibility index (Phi) is 5.82. The summed E-state index contributed by atoms with van der Waals surface area (Å²) >= 11 is 0. The smallest absolute Gasteiger partial charge is 0.234 e. The van der Waals surface area contributed by atoms with Gasteiger partial charge in [-0.2, -0.15) is 0 Å². The van der Waals surface area contributed by atoms with Crippen LogP contribution in [0.4, 0.5) is 0 Å². The minimum atomic E-state index is 0.0000864. The number of ether oxygens (including phenoxy) is 1. The Labute approximate surface area is 120 Å². The molecule has 0 aliphatic carbocycles. The number of aromatic hydroxyl groups is 1. The topological polar surface area (TPSA) is 61.8 Å². The van der Waals surface area contributed by atoms with Crippen LogP contribution in [0.25, 0.3) is 0 Å². The summed E-state index contributed by atoms with van der Waals surface area (Å²) in [5.74, 6) is 0.554. The molecule has 0 fully saturated rings. The van der Waals surface area contributed by atoms with Crippen LogP contribution in [0.3, 0.4) is 0 Å². The number of carbonyl (C=O) groups excluding carboxylic acids is 1. The zero-order chi connectivity index (χ0) is 15.3. The molecule has 112 valence electrons. The van der Waals surface area contributed by atoms with E-state index in [9.17, 15) is 9.90 Å². The summed E-state index contributed by atoms with van der Waals surface area (Å²) in [5.41, 5.74) is 0.986. The van der Waals surface area contributed by atoms with Crippen molar-refractivity contribution in [3.63, 3.8) is 0 Å². The lowest BCUT2D eigenvalue weighted by atomic mass is 10.1. The normalized spacial score (nSPS) is 12.6. The molecule has 1 aromatic rings. The fourth-order valence-electron chi connectivity index (χ4n) is 1.94. The molecular weight excluding hydrogens is 256 g/mol. The standard InChI is InChI=1S/C15H24N2O3/c1-10(2)16-15(19)9-17(4)11(3)12-6-7-13(18)14(8-12)20-5/h6-8,10-11,18H,9H2,1-5H3,(H,16,19). The highest BCUT2D eigenvalue weighted by molar-refractivity contribution is 5.78. The van der Waals surface area contributed by atoms with Gasteiger partial charge in [0.2, 0.25) is 5.91 Å². The zero-order valence-electron chi connectivity index (χ0n) is 12.8. The van der Waals surface area contributed by atoms with Crippen molar-refractivity contribution in [1.82, 2.24) is 10.2 Å². The van der Waals surface area contributed by atoms with Crippen LogP contribution in [0.2, 0.25) is 0 Å². The Hall–Kier alpha value is -1.75. The van der Waals surface area contributed by atoms with E-state index >= 15 is 0 Å². The molecule has 1 aromatic carbocycles. The van der Waals surface area contributed by atoms with Gasteiger partial charge in [-0.15, -0.1) is 0 Å². The zero-order valence-corrected chi connectivity index (χ0v) is 12.8. The largest absolute Gasteiger partial charge is 0.504 e. The maximum atomic E-state index is 11.8. The van der Waals surface area contributed by atoms with Crippen molar-refractivity contribution < 1.29 is 14.6 Å². The van der Waals surface area contributed by atoms with Gasteiger partial charge in [-0.3, -0.25) is 9.69 Å². The number of phenols is 1. The third kappa shape index (κ3) is 4.42. The summed E-state index contributed by atoms with van der Waals surface area (Å²) in [6.45, 7) is 6.20. The van der Waals surface area contributed by atoms with E-state index in [1.165, 1.54) is 7.11 Å². The van der Waals surface area contributed by atoms with Gasteiger partial charge in [0.25, 0.3) is 0 Å². The summed E-state index contributed by atoms with van der Waals surface area (Å²) in [5, 5.41) is 12.5. The van der Waals surface area contributed by atoms with Crippen LogP contribution in [-0.2, 0) is 4.79 Å². The van der Waals surface area contributed by atoms with Crippen LogP contribution < -0.4 is 10.1 Å². The quantitative estimate of drug-likeness (QED) is 0.835. The summed E-state index contributed by atoms with van der Waals surface area (Å²) in [4.78, 5) is 13.7. The van der Waals surface area contributed by atoms with Gasteiger partial charge in [0.15, 0.2) is 11.5 Å². The highest BCUT2D eigenvalue weighted by Gasteiger charge is 2.16. The molecule has 1 atom stereocenters. The molecular formula is C15H24N2O3. The molecule has 2 N–H and O–H groups in total. The number of benzene rings is 1. The van der Waals surface area contributed by atoms with Crippen LogP contribution in [0, 0.1) is 0 Å². The number of hydrogen-bond acceptors (Lipinski definition) is 4. The Morgan fingerprint density at radius 2 is 2.05 bits per heavy atom. The summed E-state index contributed by atoms with van der Waals surface area (Å²) in [6.07, 6.45) is 0. The molecule has 0 heterocycles. The van der Waals surface area contributed by atoms with E-state index in [1.54, 1.807) is 12.1 Å². The third-order valence-electron chi connectivity index (χ3n) is 3.19. The third-order valence-corrected chi connectivity index (χ3v) is 3.19. The van der Waals surface area contributed by atoms with E-state index in [4.69, 9.17) is 4.74 Å². The van der Waals surface area contributed by atoms with Crippen molar-refractivity contribution in [2.45, 2.75) is 32.9 Å². The first kappa shape index (κ1) is 16.3. The molecule has 1 rings (SSSR count). The van der Waals surface area contributed by atoms with E-state index in [1.807, 2.05) is 38.8 Å². The molecule has 5 heteroatoms. The van der Waals surface area contributed by atoms with E-state index < -0.39 is 0 Å². The van der Waals surface area contributed by atoms with Crippen molar-refractivity contribution >= 4 is 5.91 Å². The van der Waals surface area contributed by atoms with Crippen LogP contribution in [0.15, 0.2) is 18.2 Å². The Morgan fingerprint density at radius 1 is 1.40 bits per heavy atom. The lowest BCUT2D eigenvalue weighted by molar-refractivity contribution is -0.122. The van der Waals surface area contributed by atoms with Crippen LogP contribution in [0.5, 0.6) is 11.5 Å². The fraction of sp³-hybridized carbons (Fsp3) is 0.533. The number of nitrogens with one attached hydrogen (secondary N) is 1. The van der Waals surface area contributed by atoms with Gasteiger partial charge < -0.3 is 15.2 Å². The predicted molar refractivity (Wildman–Crippen MR) is 79.0 cm³/mol. The second kappa shape index (κ2) is 7.14. The molecule has 0 aliphatic heterocycles. The molecule has 0 radical (unpaired) electrons. The van der Waals surface area contributed by atoms with E-state index in [0.717, 1.165) is 5.56 Å². The first-order valence-electron chi connectivity index (χ1n) is 6.71. The van der Waals surface area contributed by atoms with Crippen molar-refractivity contribution in [3.8, 4) is 11.5 Å². The minimum absolute atomic E-state index is 0.0000864. The Morgan fingerprint density at radius 3 is 2.60 bits per heavy atom. The van der Waals surface area contributed by atoms with Crippen LogP contribution in [-0.4, -0.2) is 42.7 Å². The average Bonchev–Trinajstić information content (AvgIpc) is 2.37. The number of nitrogens with zero attached hydrogens (tertiary/aromatic N) is 1. The first-order chi connectivity index (χ1) is 9.35. The minimum Gasteiger partial charge on any atom is -0.504 e. The lowest BCUT2D eigenvalue weighted by Crippen LogP contribution is -2.39. The molecule has 0 aliphatic rings. The molecule has 5 nitrogen and oxygen atoms in total. The molecule has 0 aromatic heterocycles. The van der Waals surface area contributed by atoms with Crippen molar-refractivity contribution in [2.75, 3.05) is 20.7 Å². The maximum Gasteiger partial charge on any atom is 0.234 e. The van der Waals surface area contributed by atoms with Crippen molar-refractivity contribution in [2.24, 2.45) is 0 Å².